The van der Waals surface area contributed by atoms with Crippen molar-refractivity contribution in [1.29, 1.82) is 0 Å². The first kappa shape index (κ1) is 33.6. The minimum atomic E-state index is -3.92. The Morgan fingerprint density at radius 1 is 0.511 bits per heavy atom. The van der Waals surface area contributed by atoms with E-state index in [2.05, 4.69) is 0 Å². The van der Waals surface area contributed by atoms with Gasteiger partial charge in [0.25, 0.3) is 0 Å². The van der Waals surface area contributed by atoms with Crippen LogP contribution in [0.5, 0.6) is 0 Å². The van der Waals surface area contributed by atoms with Crippen LogP contribution in [-0.4, -0.2) is 25.8 Å². The van der Waals surface area contributed by atoms with Gasteiger partial charge in [-0.05, 0) is 114 Å². The number of halogens is 4. The maximum atomic E-state index is 13.9. The van der Waals surface area contributed by atoms with Crippen LogP contribution < -0.4 is 0 Å². The predicted octanol–water partition coefficient (Wildman–Crippen LogP) is 9.59. The van der Waals surface area contributed by atoms with Gasteiger partial charge in [0.2, 0.25) is 10.0 Å². The molecule has 8 heteroatoms. The van der Waals surface area contributed by atoms with Crippen LogP contribution in [-0.2, 0) is 10.0 Å². The molecule has 5 rings (SSSR count). The van der Waals surface area contributed by atoms with Gasteiger partial charge in [-0.2, -0.15) is 4.31 Å². The smallest absolute Gasteiger partial charge is 0.207 e. The Morgan fingerprint density at radius 2 is 0.809 bits per heavy atom. The molecule has 240 valence electrons. The number of hydrogen-bond acceptors (Lipinski definition) is 2. The summed E-state index contributed by atoms with van der Waals surface area (Å²) in [5.74, 6) is -1.57. The number of benzene rings is 5. The largest absolute Gasteiger partial charge is 0.243 e. The van der Waals surface area contributed by atoms with Crippen molar-refractivity contribution in [2.24, 2.45) is 0 Å². The van der Waals surface area contributed by atoms with E-state index in [9.17, 15) is 26.0 Å². The quantitative estimate of drug-likeness (QED) is 0.126. The topological polar surface area (TPSA) is 37.4 Å². The molecule has 0 aromatic heterocycles. The molecule has 3 nitrogen and oxygen atoms in total. The zero-order valence-electron chi connectivity index (χ0n) is 25.7. The number of rotatable bonds is 12. The zero-order chi connectivity index (χ0) is 33.4. The highest BCUT2D eigenvalue weighted by Gasteiger charge is 2.23. The Morgan fingerprint density at radius 3 is 1.11 bits per heavy atom. The van der Waals surface area contributed by atoms with E-state index < -0.39 is 33.3 Å². The molecule has 47 heavy (non-hydrogen) atoms. The standard InChI is InChI=1S/C39H33F4NO2S/c1-28-6-24-37(25-7-28)47(45,46)44(26-2-4-38(29-8-16-33(40)17-9-29)30-10-18-34(41)19-11-30)27-3-5-39(31-12-20-35(42)21-13-31)32-14-22-36(43)23-15-32/h4-25H,2-3,26-27H2,1H3. The van der Waals surface area contributed by atoms with Crippen LogP contribution in [0.4, 0.5) is 17.6 Å². The van der Waals surface area contributed by atoms with Crippen molar-refractivity contribution in [2.75, 3.05) is 13.1 Å². The third-order valence-corrected chi connectivity index (χ3v) is 9.65. The van der Waals surface area contributed by atoms with Crippen molar-refractivity contribution >= 4 is 21.2 Å². The Balaban J connectivity index is 1.46. The summed E-state index contributed by atoms with van der Waals surface area (Å²) in [5.41, 5.74) is 5.18. The van der Waals surface area contributed by atoms with Crippen molar-refractivity contribution in [1.82, 2.24) is 4.31 Å². The van der Waals surface area contributed by atoms with Crippen LogP contribution in [0, 0.1) is 30.2 Å². The molecular weight excluding hydrogens is 622 g/mol. The highest BCUT2D eigenvalue weighted by atomic mass is 32.2. The number of sulfonamides is 1. The Kier molecular flexibility index (Phi) is 10.9. The Labute approximate surface area is 273 Å². The van der Waals surface area contributed by atoms with Crippen molar-refractivity contribution in [3.63, 3.8) is 0 Å². The lowest BCUT2D eigenvalue weighted by atomic mass is 9.96. The van der Waals surface area contributed by atoms with E-state index in [4.69, 9.17) is 0 Å². The molecule has 0 fully saturated rings. The van der Waals surface area contributed by atoms with E-state index in [-0.39, 0.29) is 18.0 Å². The van der Waals surface area contributed by atoms with E-state index in [0.29, 0.717) is 46.2 Å². The number of hydrogen-bond donors (Lipinski definition) is 0. The maximum Gasteiger partial charge on any atom is 0.243 e. The molecule has 0 aliphatic carbocycles. The molecule has 0 bridgehead atoms. The summed E-state index contributed by atoms with van der Waals surface area (Å²) < 4.78 is 84.2. The van der Waals surface area contributed by atoms with Crippen molar-refractivity contribution < 1.29 is 26.0 Å². The molecule has 0 saturated carbocycles. The molecule has 0 atom stereocenters. The monoisotopic (exact) mass is 655 g/mol. The van der Waals surface area contributed by atoms with Gasteiger partial charge in [-0.25, -0.2) is 26.0 Å². The molecule has 0 aliphatic rings. The molecular formula is C39H33F4NO2S. The second kappa shape index (κ2) is 15.2. The number of aryl methyl sites for hydroxylation is 1. The van der Waals surface area contributed by atoms with Crippen molar-refractivity contribution in [3.8, 4) is 0 Å². The summed E-state index contributed by atoms with van der Waals surface area (Å²) in [5, 5.41) is 0. The summed E-state index contributed by atoms with van der Waals surface area (Å²) in [6.07, 6.45) is 4.36. The van der Waals surface area contributed by atoms with Gasteiger partial charge in [0.05, 0.1) is 4.90 Å². The van der Waals surface area contributed by atoms with Gasteiger partial charge in [0.1, 0.15) is 23.3 Å². The first-order chi connectivity index (χ1) is 22.6. The van der Waals surface area contributed by atoms with E-state index in [1.807, 2.05) is 19.1 Å². The molecule has 0 amide bonds. The van der Waals surface area contributed by atoms with Gasteiger partial charge in [-0.1, -0.05) is 78.4 Å². The lowest BCUT2D eigenvalue weighted by Crippen LogP contribution is -2.32. The maximum absolute atomic E-state index is 13.9. The molecule has 5 aromatic carbocycles. The first-order valence-corrected chi connectivity index (χ1v) is 16.5. The van der Waals surface area contributed by atoms with Crippen LogP contribution in [0.1, 0.15) is 40.7 Å². The summed E-state index contributed by atoms with van der Waals surface area (Å²) in [7, 11) is -3.92. The van der Waals surface area contributed by atoms with Crippen molar-refractivity contribution in [2.45, 2.75) is 24.7 Å². The predicted molar refractivity (Wildman–Crippen MR) is 179 cm³/mol. The van der Waals surface area contributed by atoms with Gasteiger partial charge in [-0.15, -0.1) is 0 Å². The van der Waals surface area contributed by atoms with Crippen LogP contribution in [0.2, 0.25) is 0 Å². The van der Waals surface area contributed by atoms with Crippen molar-refractivity contribution in [3.05, 3.63) is 185 Å². The van der Waals surface area contributed by atoms with Gasteiger partial charge < -0.3 is 0 Å². The second-order valence-electron chi connectivity index (χ2n) is 11.1. The molecule has 0 saturated heterocycles. The average Bonchev–Trinajstić information content (AvgIpc) is 3.06. The minimum Gasteiger partial charge on any atom is -0.207 e. The SMILES string of the molecule is Cc1ccc(S(=O)(=O)N(CCC=C(c2ccc(F)cc2)c2ccc(F)cc2)CCC=C(c2ccc(F)cc2)c2ccc(F)cc2)cc1. The van der Waals surface area contributed by atoms with E-state index in [0.717, 1.165) is 5.56 Å². The van der Waals surface area contributed by atoms with Gasteiger partial charge in [0.15, 0.2) is 0 Å². The molecule has 0 N–H and O–H groups in total. The molecule has 0 spiro atoms. The highest BCUT2D eigenvalue weighted by molar-refractivity contribution is 7.89. The fraction of sp³-hybridized carbons (Fsp3) is 0.128. The zero-order valence-corrected chi connectivity index (χ0v) is 26.5. The lowest BCUT2D eigenvalue weighted by Gasteiger charge is -2.22. The molecule has 5 aromatic rings. The Bertz CT molecular complexity index is 1750. The van der Waals surface area contributed by atoms with Crippen LogP contribution in [0.25, 0.3) is 11.1 Å². The average molecular weight is 656 g/mol. The van der Waals surface area contributed by atoms with E-state index in [1.165, 1.54) is 52.8 Å². The molecule has 0 heterocycles. The van der Waals surface area contributed by atoms with Crippen LogP contribution in [0.15, 0.2) is 138 Å². The van der Waals surface area contributed by atoms with Gasteiger partial charge >= 0.3 is 0 Å². The third-order valence-electron chi connectivity index (χ3n) is 7.73. The molecule has 0 radical (unpaired) electrons. The minimum absolute atomic E-state index is 0.123. The molecule has 0 unspecified atom stereocenters. The highest BCUT2D eigenvalue weighted by Crippen LogP contribution is 2.27. The fourth-order valence-electron chi connectivity index (χ4n) is 5.24. The second-order valence-corrected chi connectivity index (χ2v) is 13.0. The van der Waals surface area contributed by atoms with E-state index in [1.54, 1.807) is 72.8 Å². The third kappa shape index (κ3) is 8.73. The summed E-state index contributed by atoms with van der Waals surface area (Å²) in [4.78, 5) is 0.158. The van der Waals surface area contributed by atoms with Crippen LogP contribution >= 0.6 is 0 Å². The first-order valence-electron chi connectivity index (χ1n) is 15.1. The Hall–Kier alpha value is -4.79. The fourth-order valence-corrected chi connectivity index (χ4v) is 6.71. The number of nitrogens with zero attached hydrogens (tertiary/aromatic N) is 1. The molecule has 0 aliphatic heterocycles. The van der Waals surface area contributed by atoms with Crippen LogP contribution in [0.3, 0.4) is 0 Å². The summed E-state index contributed by atoms with van der Waals surface area (Å²) >= 11 is 0. The summed E-state index contributed by atoms with van der Waals surface area (Å²) in [6, 6.07) is 30.4. The van der Waals surface area contributed by atoms with Gasteiger partial charge in [0, 0.05) is 13.1 Å². The normalized spacial score (nSPS) is 11.4. The summed E-state index contributed by atoms with van der Waals surface area (Å²) in [6.45, 7) is 2.12. The lowest BCUT2D eigenvalue weighted by molar-refractivity contribution is 0.422. The van der Waals surface area contributed by atoms with E-state index >= 15 is 0 Å². The van der Waals surface area contributed by atoms with Gasteiger partial charge in [-0.3, -0.25) is 0 Å².